The van der Waals surface area contributed by atoms with E-state index in [1.54, 1.807) is 11.3 Å². The summed E-state index contributed by atoms with van der Waals surface area (Å²) in [7, 11) is 0. The number of hydrogen-bond acceptors (Lipinski definition) is 5. The fourth-order valence-electron chi connectivity index (χ4n) is 1.72. The summed E-state index contributed by atoms with van der Waals surface area (Å²) in [6.07, 6.45) is 3.66. The van der Waals surface area contributed by atoms with E-state index < -0.39 is 0 Å². The van der Waals surface area contributed by atoms with Crippen molar-refractivity contribution in [2.45, 2.75) is 33.1 Å². The number of hydrogen-bond donors (Lipinski definition) is 1. The second-order valence-corrected chi connectivity index (χ2v) is 5.01. The van der Waals surface area contributed by atoms with Crippen LogP contribution < -0.4 is 5.32 Å². The first-order valence-electron chi connectivity index (χ1n) is 6.38. The fraction of sp³-hybridized carbons (Fsp3) is 0.462. The van der Waals surface area contributed by atoms with Gasteiger partial charge in [-0.15, -0.1) is 11.3 Å². The number of aromatic nitrogens is 2. The van der Waals surface area contributed by atoms with Crippen LogP contribution in [0.1, 0.15) is 40.8 Å². The van der Waals surface area contributed by atoms with E-state index in [2.05, 4.69) is 22.2 Å². The molecule has 0 bridgehead atoms. The Morgan fingerprint density at radius 1 is 1.42 bits per heavy atom. The number of carbonyl (C=O) groups is 1. The number of aryl methyl sites for hydroxylation is 2. The summed E-state index contributed by atoms with van der Waals surface area (Å²) in [5.41, 5.74) is 1.41. The Kier molecular flexibility index (Phi) is 4.68. The summed E-state index contributed by atoms with van der Waals surface area (Å²) >= 11 is 1.66. The lowest BCUT2D eigenvalue weighted by Gasteiger charge is -2.02. The lowest BCUT2D eigenvalue weighted by Crippen LogP contribution is -2.26. The van der Waals surface area contributed by atoms with Gasteiger partial charge in [-0.25, -0.2) is 9.97 Å². The number of nitrogens with one attached hydrogen (secondary N) is 1. The van der Waals surface area contributed by atoms with Crippen molar-refractivity contribution in [3.8, 4) is 0 Å². The average Bonchev–Trinajstić information content (AvgIpc) is 3.06. The van der Waals surface area contributed by atoms with Crippen LogP contribution in [-0.2, 0) is 19.3 Å². The Balaban J connectivity index is 1.84. The molecule has 0 saturated heterocycles. The minimum atomic E-state index is -0.184. The van der Waals surface area contributed by atoms with Crippen molar-refractivity contribution in [2.24, 2.45) is 0 Å². The second kappa shape index (κ2) is 6.47. The largest absolute Gasteiger partial charge is 0.448 e. The van der Waals surface area contributed by atoms with Crippen molar-refractivity contribution in [1.82, 2.24) is 15.3 Å². The van der Waals surface area contributed by atoms with Gasteiger partial charge in [-0.05, 0) is 6.42 Å². The monoisotopic (exact) mass is 279 g/mol. The Bertz CT molecular complexity index is 548. The third-order valence-corrected chi connectivity index (χ3v) is 3.79. The highest BCUT2D eigenvalue weighted by molar-refractivity contribution is 7.09. The maximum absolute atomic E-state index is 11.9. The Morgan fingerprint density at radius 3 is 2.95 bits per heavy atom. The van der Waals surface area contributed by atoms with E-state index in [9.17, 15) is 4.79 Å². The van der Waals surface area contributed by atoms with E-state index >= 15 is 0 Å². The minimum absolute atomic E-state index is 0.184. The van der Waals surface area contributed by atoms with Crippen LogP contribution in [0.5, 0.6) is 0 Å². The molecular weight excluding hydrogens is 262 g/mol. The number of oxazole rings is 1. The van der Waals surface area contributed by atoms with Crippen LogP contribution in [0.2, 0.25) is 0 Å². The summed E-state index contributed by atoms with van der Waals surface area (Å²) in [6.45, 7) is 4.57. The predicted octanol–water partition coefficient (Wildman–Crippen LogP) is 2.23. The quantitative estimate of drug-likeness (QED) is 0.880. The third kappa shape index (κ3) is 3.41. The van der Waals surface area contributed by atoms with Crippen LogP contribution in [0.3, 0.4) is 0 Å². The molecule has 2 aromatic rings. The van der Waals surface area contributed by atoms with Gasteiger partial charge in [0.15, 0.2) is 12.1 Å². The molecule has 0 aromatic carbocycles. The molecule has 0 radical (unpaired) electrons. The molecule has 1 N–H and O–H groups in total. The van der Waals surface area contributed by atoms with Gasteiger partial charge < -0.3 is 9.73 Å². The summed E-state index contributed by atoms with van der Waals surface area (Å²) in [6, 6.07) is 0. The van der Waals surface area contributed by atoms with Crippen LogP contribution in [0.15, 0.2) is 16.2 Å². The molecule has 2 rings (SSSR count). The van der Waals surface area contributed by atoms with Crippen molar-refractivity contribution >= 4 is 17.2 Å². The Hall–Kier alpha value is -1.69. The molecule has 1 amide bonds. The molecule has 0 unspecified atom stereocenters. The normalized spacial score (nSPS) is 10.6. The highest BCUT2D eigenvalue weighted by Crippen LogP contribution is 2.10. The van der Waals surface area contributed by atoms with Gasteiger partial charge >= 0.3 is 0 Å². The van der Waals surface area contributed by atoms with E-state index in [0.717, 1.165) is 23.5 Å². The molecular formula is C13H17N3O2S. The SMILES string of the molecule is CCc1nc(CCNC(=O)c2ncoc2CC)cs1. The van der Waals surface area contributed by atoms with Crippen molar-refractivity contribution in [3.05, 3.63) is 33.9 Å². The minimum Gasteiger partial charge on any atom is -0.448 e. The van der Waals surface area contributed by atoms with Gasteiger partial charge in [0, 0.05) is 24.8 Å². The molecule has 2 heterocycles. The number of amides is 1. The maximum Gasteiger partial charge on any atom is 0.273 e. The van der Waals surface area contributed by atoms with E-state index in [0.29, 0.717) is 24.4 Å². The first-order valence-corrected chi connectivity index (χ1v) is 7.26. The van der Waals surface area contributed by atoms with E-state index in [4.69, 9.17) is 4.42 Å². The second-order valence-electron chi connectivity index (χ2n) is 4.07. The van der Waals surface area contributed by atoms with Crippen LogP contribution in [0, 0.1) is 0 Å². The number of thiazole rings is 1. The maximum atomic E-state index is 11.9. The van der Waals surface area contributed by atoms with E-state index in [1.165, 1.54) is 6.39 Å². The average molecular weight is 279 g/mol. The highest BCUT2D eigenvalue weighted by atomic mass is 32.1. The fourth-order valence-corrected chi connectivity index (χ4v) is 2.50. The zero-order valence-corrected chi connectivity index (χ0v) is 11.9. The summed E-state index contributed by atoms with van der Waals surface area (Å²) in [4.78, 5) is 20.3. The van der Waals surface area contributed by atoms with Gasteiger partial charge in [0.1, 0.15) is 5.76 Å². The molecule has 2 aromatic heterocycles. The Labute approximate surface area is 116 Å². The highest BCUT2D eigenvalue weighted by Gasteiger charge is 2.14. The first kappa shape index (κ1) is 13.7. The molecule has 0 aliphatic heterocycles. The summed E-state index contributed by atoms with van der Waals surface area (Å²) in [5, 5.41) is 6.01. The smallest absolute Gasteiger partial charge is 0.273 e. The van der Waals surface area contributed by atoms with Crippen LogP contribution in [-0.4, -0.2) is 22.4 Å². The Morgan fingerprint density at radius 2 is 2.26 bits per heavy atom. The summed E-state index contributed by atoms with van der Waals surface area (Å²) < 4.78 is 5.13. The predicted molar refractivity (Wildman–Crippen MR) is 73.4 cm³/mol. The van der Waals surface area contributed by atoms with Gasteiger partial charge in [0.2, 0.25) is 0 Å². The van der Waals surface area contributed by atoms with Crippen LogP contribution in [0.4, 0.5) is 0 Å². The van der Waals surface area contributed by atoms with E-state index in [-0.39, 0.29) is 5.91 Å². The van der Waals surface area contributed by atoms with Gasteiger partial charge in [-0.2, -0.15) is 0 Å². The molecule has 0 aliphatic rings. The lowest BCUT2D eigenvalue weighted by atomic mass is 10.2. The first-order chi connectivity index (χ1) is 9.24. The molecule has 0 spiro atoms. The molecule has 0 aliphatic carbocycles. The molecule has 0 fully saturated rings. The molecule has 0 saturated carbocycles. The van der Waals surface area contributed by atoms with Gasteiger partial charge in [-0.3, -0.25) is 4.79 Å². The van der Waals surface area contributed by atoms with Crippen molar-refractivity contribution in [2.75, 3.05) is 6.54 Å². The van der Waals surface area contributed by atoms with E-state index in [1.807, 2.05) is 12.3 Å². The van der Waals surface area contributed by atoms with Crippen LogP contribution in [0.25, 0.3) is 0 Å². The number of nitrogens with zero attached hydrogens (tertiary/aromatic N) is 2. The summed E-state index contributed by atoms with van der Waals surface area (Å²) in [5.74, 6) is 0.441. The molecule has 102 valence electrons. The zero-order chi connectivity index (χ0) is 13.7. The third-order valence-electron chi connectivity index (χ3n) is 2.75. The molecule has 19 heavy (non-hydrogen) atoms. The van der Waals surface area contributed by atoms with Gasteiger partial charge in [-0.1, -0.05) is 13.8 Å². The molecule has 6 heteroatoms. The van der Waals surface area contributed by atoms with Gasteiger partial charge in [0.25, 0.3) is 5.91 Å². The number of rotatable bonds is 6. The van der Waals surface area contributed by atoms with Gasteiger partial charge in [0.05, 0.1) is 10.7 Å². The zero-order valence-electron chi connectivity index (χ0n) is 11.1. The lowest BCUT2D eigenvalue weighted by molar-refractivity contribution is 0.0948. The topological polar surface area (TPSA) is 68.0 Å². The standard InChI is InChI=1S/C13H17N3O2S/c1-3-10-12(15-8-18-10)13(17)14-6-5-9-7-19-11(4-2)16-9/h7-8H,3-6H2,1-2H3,(H,14,17). The van der Waals surface area contributed by atoms with Crippen molar-refractivity contribution in [3.63, 3.8) is 0 Å². The number of carbonyl (C=O) groups excluding carboxylic acids is 1. The molecule has 5 nitrogen and oxygen atoms in total. The molecule has 0 atom stereocenters. The van der Waals surface area contributed by atoms with Crippen molar-refractivity contribution < 1.29 is 9.21 Å². The van der Waals surface area contributed by atoms with Crippen molar-refractivity contribution in [1.29, 1.82) is 0 Å². The van der Waals surface area contributed by atoms with Crippen LogP contribution >= 0.6 is 11.3 Å².